The van der Waals surface area contributed by atoms with Crippen LogP contribution in [0, 0.1) is 6.92 Å². The number of aryl methyl sites for hydroxylation is 2. The number of benzene rings is 2. The quantitative estimate of drug-likeness (QED) is 0.568. The lowest BCUT2D eigenvalue weighted by Gasteiger charge is -2.05. The molecule has 1 amide bonds. The van der Waals surface area contributed by atoms with E-state index in [0.717, 1.165) is 22.1 Å². The van der Waals surface area contributed by atoms with Crippen molar-refractivity contribution in [1.29, 1.82) is 0 Å². The number of carbonyl (C=O) groups excluding carboxylic acids is 1. The van der Waals surface area contributed by atoms with Gasteiger partial charge in [0.05, 0.1) is 5.75 Å². The summed E-state index contributed by atoms with van der Waals surface area (Å²) in [5.74, 6) is 0.247. The molecule has 0 fully saturated rings. The van der Waals surface area contributed by atoms with Gasteiger partial charge in [0.25, 0.3) is 0 Å². The van der Waals surface area contributed by atoms with Gasteiger partial charge in [-0.25, -0.2) is 0 Å². The second-order valence-electron chi connectivity index (χ2n) is 5.75. The Morgan fingerprint density at radius 1 is 1.12 bits per heavy atom. The Hall–Kier alpha value is -2.38. The number of aromatic nitrogens is 2. The van der Waals surface area contributed by atoms with Crippen LogP contribution in [0.2, 0.25) is 0 Å². The molecule has 1 heterocycles. The van der Waals surface area contributed by atoms with Crippen LogP contribution in [-0.2, 0) is 11.2 Å². The van der Waals surface area contributed by atoms with Gasteiger partial charge in [-0.1, -0.05) is 54.3 Å². The fourth-order valence-corrected chi connectivity index (χ4v) is 3.89. The van der Waals surface area contributed by atoms with Crippen LogP contribution in [0.15, 0.2) is 52.9 Å². The van der Waals surface area contributed by atoms with Crippen LogP contribution in [0.1, 0.15) is 18.1 Å². The van der Waals surface area contributed by atoms with E-state index >= 15 is 0 Å². The Morgan fingerprint density at radius 2 is 1.92 bits per heavy atom. The monoisotopic (exact) mass is 384 g/mol. The maximum Gasteiger partial charge on any atom is 0.234 e. The zero-order valence-corrected chi connectivity index (χ0v) is 16.3. The Kier molecular flexibility index (Phi) is 6.25. The van der Waals surface area contributed by atoms with Gasteiger partial charge < -0.3 is 10.6 Å². The third-order valence-corrected chi connectivity index (χ3v) is 5.62. The number of hydrogen-bond donors (Lipinski definition) is 2. The zero-order chi connectivity index (χ0) is 18.4. The van der Waals surface area contributed by atoms with Crippen molar-refractivity contribution in [3.63, 3.8) is 0 Å². The van der Waals surface area contributed by atoms with Crippen LogP contribution < -0.4 is 10.6 Å². The van der Waals surface area contributed by atoms with Crippen LogP contribution >= 0.6 is 23.1 Å². The molecule has 0 aliphatic rings. The molecule has 0 aliphatic carbocycles. The number of rotatable bonds is 7. The molecule has 3 rings (SSSR count). The predicted octanol–water partition coefficient (Wildman–Crippen LogP) is 4.88. The molecule has 0 saturated heterocycles. The van der Waals surface area contributed by atoms with E-state index in [2.05, 4.69) is 27.8 Å². The molecule has 26 heavy (non-hydrogen) atoms. The van der Waals surface area contributed by atoms with Crippen LogP contribution in [-0.4, -0.2) is 21.9 Å². The number of anilines is 3. The van der Waals surface area contributed by atoms with Crippen molar-refractivity contribution in [3.8, 4) is 0 Å². The lowest BCUT2D eigenvalue weighted by molar-refractivity contribution is -0.113. The van der Waals surface area contributed by atoms with Crippen molar-refractivity contribution in [1.82, 2.24) is 10.2 Å². The first kappa shape index (κ1) is 18.4. The van der Waals surface area contributed by atoms with E-state index in [0.29, 0.717) is 10.9 Å². The smallest absolute Gasteiger partial charge is 0.234 e. The van der Waals surface area contributed by atoms with Gasteiger partial charge in [0.15, 0.2) is 4.34 Å². The van der Waals surface area contributed by atoms with Gasteiger partial charge in [0.1, 0.15) is 0 Å². The molecular weight excluding hydrogens is 364 g/mol. The van der Waals surface area contributed by atoms with Gasteiger partial charge in [-0.3, -0.25) is 4.79 Å². The van der Waals surface area contributed by atoms with E-state index in [1.165, 1.54) is 34.2 Å². The average molecular weight is 385 g/mol. The maximum atomic E-state index is 12.1. The number of nitrogens with zero attached hydrogens (tertiary/aromatic N) is 2. The lowest BCUT2D eigenvalue weighted by Crippen LogP contribution is -2.13. The molecule has 0 spiro atoms. The van der Waals surface area contributed by atoms with Crippen molar-refractivity contribution in [2.24, 2.45) is 0 Å². The highest BCUT2D eigenvalue weighted by Crippen LogP contribution is 2.28. The number of amides is 1. The SMILES string of the molecule is CCc1ccc(NC(=O)CSc2nnc(Nc3cccc(C)c3)s2)cc1. The number of thioether (sulfide) groups is 1. The molecule has 2 aromatic carbocycles. The Morgan fingerprint density at radius 3 is 2.65 bits per heavy atom. The third kappa shape index (κ3) is 5.31. The molecule has 7 heteroatoms. The van der Waals surface area contributed by atoms with Crippen molar-refractivity contribution in [2.45, 2.75) is 24.6 Å². The minimum absolute atomic E-state index is 0.0531. The summed E-state index contributed by atoms with van der Waals surface area (Å²) >= 11 is 2.82. The highest BCUT2D eigenvalue weighted by atomic mass is 32.2. The minimum Gasteiger partial charge on any atom is -0.330 e. The number of nitrogens with one attached hydrogen (secondary N) is 2. The van der Waals surface area contributed by atoms with E-state index < -0.39 is 0 Å². The molecule has 1 aromatic heterocycles. The Balaban J connectivity index is 1.50. The van der Waals surface area contributed by atoms with E-state index in [9.17, 15) is 4.79 Å². The molecule has 5 nitrogen and oxygen atoms in total. The topological polar surface area (TPSA) is 66.9 Å². The first-order valence-electron chi connectivity index (χ1n) is 8.31. The molecule has 0 bridgehead atoms. The second-order valence-corrected chi connectivity index (χ2v) is 7.95. The summed E-state index contributed by atoms with van der Waals surface area (Å²) in [6.45, 7) is 4.15. The fourth-order valence-electron chi connectivity index (χ4n) is 2.31. The summed E-state index contributed by atoms with van der Waals surface area (Å²) in [7, 11) is 0. The highest BCUT2D eigenvalue weighted by molar-refractivity contribution is 8.01. The van der Waals surface area contributed by atoms with Crippen LogP contribution in [0.4, 0.5) is 16.5 Å². The van der Waals surface area contributed by atoms with Gasteiger partial charge in [-0.2, -0.15) is 0 Å². The summed E-state index contributed by atoms with van der Waals surface area (Å²) in [4.78, 5) is 12.1. The summed E-state index contributed by atoms with van der Waals surface area (Å²) in [6, 6.07) is 16.0. The van der Waals surface area contributed by atoms with Crippen molar-refractivity contribution in [3.05, 3.63) is 59.7 Å². The van der Waals surface area contributed by atoms with Gasteiger partial charge >= 0.3 is 0 Å². The molecule has 0 atom stereocenters. The molecule has 0 saturated carbocycles. The van der Waals surface area contributed by atoms with Gasteiger partial charge in [-0.05, 0) is 48.7 Å². The van der Waals surface area contributed by atoms with Crippen molar-refractivity contribution < 1.29 is 4.79 Å². The molecule has 134 valence electrons. The third-order valence-electron chi connectivity index (χ3n) is 3.65. The lowest BCUT2D eigenvalue weighted by atomic mass is 10.1. The first-order valence-corrected chi connectivity index (χ1v) is 10.1. The van der Waals surface area contributed by atoms with Gasteiger partial charge in [-0.15, -0.1) is 10.2 Å². The average Bonchev–Trinajstić information content (AvgIpc) is 3.08. The van der Waals surface area contributed by atoms with Crippen LogP contribution in [0.25, 0.3) is 0 Å². The normalized spacial score (nSPS) is 10.5. The van der Waals surface area contributed by atoms with Crippen molar-refractivity contribution >= 4 is 45.5 Å². The molecule has 2 N–H and O–H groups in total. The molecule has 0 aliphatic heterocycles. The summed E-state index contributed by atoms with van der Waals surface area (Å²) in [6.07, 6.45) is 0.986. The summed E-state index contributed by atoms with van der Waals surface area (Å²) in [5, 5.41) is 15.1. The fraction of sp³-hybridized carbons (Fsp3) is 0.211. The molecular formula is C19H20N4OS2. The van der Waals surface area contributed by atoms with E-state index in [1.807, 2.05) is 55.5 Å². The Labute approximate surface area is 161 Å². The largest absolute Gasteiger partial charge is 0.330 e. The molecule has 0 radical (unpaired) electrons. The van der Waals surface area contributed by atoms with Crippen LogP contribution in [0.5, 0.6) is 0 Å². The summed E-state index contributed by atoms with van der Waals surface area (Å²) in [5.41, 5.74) is 4.22. The number of carbonyl (C=O) groups is 1. The van der Waals surface area contributed by atoms with E-state index in [1.54, 1.807) is 0 Å². The standard InChI is InChI=1S/C19H20N4OS2/c1-3-14-7-9-15(10-8-14)20-17(24)12-25-19-23-22-18(26-19)21-16-6-4-5-13(2)11-16/h4-11H,3,12H2,1-2H3,(H,20,24)(H,21,22). The van der Waals surface area contributed by atoms with E-state index in [4.69, 9.17) is 0 Å². The van der Waals surface area contributed by atoms with Crippen molar-refractivity contribution in [2.75, 3.05) is 16.4 Å². The predicted molar refractivity (Wildman–Crippen MR) is 110 cm³/mol. The maximum absolute atomic E-state index is 12.1. The minimum atomic E-state index is -0.0531. The Bertz CT molecular complexity index is 877. The van der Waals surface area contributed by atoms with Crippen LogP contribution in [0.3, 0.4) is 0 Å². The van der Waals surface area contributed by atoms with Gasteiger partial charge in [0.2, 0.25) is 11.0 Å². The molecule has 0 unspecified atom stereocenters. The van der Waals surface area contributed by atoms with E-state index in [-0.39, 0.29) is 5.91 Å². The zero-order valence-electron chi connectivity index (χ0n) is 14.7. The summed E-state index contributed by atoms with van der Waals surface area (Å²) < 4.78 is 0.761. The van der Waals surface area contributed by atoms with Gasteiger partial charge in [0, 0.05) is 11.4 Å². The molecule has 3 aromatic rings. The second kappa shape index (κ2) is 8.82. The highest BCUT2D eigenvalue weighted by Gasteiger charge is 2.09. The first-order chi connectivity index (χ1) is 12.6. The number of hydrogen-bond acceptors (Lipinski definition) is 6.